The lowest BCUT2D eigenvalue weighted by Crippen LogP contribution is -2.36. The van der Waals surface area contributed by atoms with Crippen molar-refractivity contribution in [3.8, 4) is 0 Å². The average molecular weight is 409 g/mol. The predicted octanol–water partition coefficient (Wildman–Crippen LogP) is 4.06. The normalized spacial score (nSPS) is 26.1. The number of thiol groups is 3. The fraction of sp³-hybridized carbons (Fsp3) is 1.00. The van der Waals surface area contributed by atoms with E-state index in [-0.39, 0.29) is 16.9 Å². The Morgan fingerprint density at radius 3 is 1.10 bits per heavy atom. The van der Waals surface area contributed by atoms with E-state index in [0.29, 0.717) is 0 Å². The van der Waals surface area contributed by atoms with Crippen LogP contribution in [0.4, 0.5) is 0 Å². The molecular weight excluding hydrogens is 385 g/mol. The summed E-state index contributed by atoms with van der Waals surface area (Å²) in [6.45, 7) is 0. The van der Waals surface area contributed by atoms with Crippen LogP contribution in [0.1, 0.15) is 19.3 Å². The first kappa shape index (κ1) is 21.0. The molecular formula is C12H24O3S6. The lowest BCUT2D eigenvalue weighted by molar-refractivity contribution is -0.296. The zero-order valence-corrected chi connectivity index (χ0v) is 17.0. The maximum Gasteiger partial charge on any atom is 0.213 e. The van der Waals surface area contributed by atoms with Crippen molar-refractivity contribution in [3.05, 3.63) is 0 Å². The zero-order chi connectivity index (χ0) is 15.3. The quantitative estimate of drug-likeness (QED) is 0.333. The van der Waals surface area contributed by atoms with Crippen LogP contribution < -0.4 is 0 Å². The third-order valence-corrected chi connectivity index (χ3v) is 6.34. The molecule has 1 aliphatic heterocycles. The van der Waals surface area contributed by atoms with E-state index in [1.807, 2.05) is 0 Å². The highest BCUT2D eigenvalue weighted by Gasteiger charge is 2.31. The summed E-state index contributed by atoms with van der Waals surface area (Å²) in [4.78, 5) is 0. The smallest absolute Gasteiger partial charge is 0.213 e. The molecule has 21 heavy (non-hydrogen) atoms. The number of rotatable bonds is 12. The van der Waals surface area contributed by atoms with Crippen LogP contribution in [0, 0.1) is 0 Å². The van der Waals surface area contributed by atoms with E-state index in [4.69, 9.17) is 14.2 Å². The van der Waals surface area contributed by atoms with Gasteiger partial charge in [-0.05, 0) is 53.8 Å². The molecule has 0 aliphatic carbocycles. The van der Waals surface area contributed by atoms with Crippen molar-refractivity contribution in [2.75, 3.05) is 34.5 Å². The number of hydrogen-bond donors (Lipinski definition) is 3. The standard InChI is InChI=1S/C12H24O3S6/c16-4-1-7-19-10-13-11(20-8-2-5-17)15-12(14-10)21-9-3-6-18/h10-12,16-18H,1-9H2. The van der Waals surface area contributed by atoms with Crippen molar-refractivity contribution in [3.63, 3.8) is 0 Å². The Hall–Kier alpha value is 1.98. The van der Waals surface area contributed by atoms with Gasteiger partial charge < -0.3 is 14.2 Å². The molecule has 0 aromatic rings. The van der Waals surface area contributed by atoms with E-state index < -0.39 is 0 Å². The molecule has 0 unspecified atom stereocenters. The minimum atomic E-state index is -0.249. The van der Waals surface area contributed by atoms with Gasteiger partial charge in [-0.2, -0.15) is 37.9 Å². The summed E-state index contributed by atoms with van der Waals surface area (Å²) in [5.74, 6) is 5.60. The molecule has 3 nitrogen and oxygen atoms in total. The van der Waals surface area contributed by atoms with Crippen LogP contribution in [0.2, 0.25) is 0 Å². The van der Waals surface area contributed by atoms with Crippen molar-refractivity contribution in [1.82, 2.24) is 0 Å². The Bertz CT molecular complexity index is 205. The van der Waals surface area contributed by atoms with Crippen molar-refractivity contribution in [1.29, 1.82) is 0 Å². The highest BCUT2D eigenvalue weighted by molar-refractivity contribution is 8.01. The van der Waals surface area contributed by atoms with Crippen LogP contribution in [-0.2, 0) is 14.2 Å². The van der Waals surface area contributed by atoms with Crippen LogP contribution in [0.5, 0.6) is 0 Å². The molecule has 1 fully saturated rings. The topological polar surface area (TPSA) is 27.7 Å². The van der Waals surface area contributed by atoms with Crippen molar-refractivity contribution >= 4 is 73.2 Å². The second-order valence-corrected chi connectivity index (χ2v) is 8.84. The molecule has 0 spiro atoms. The zero-order valence-electron chi connectivity index (χ0n) is 11.9. The Kier molecular flexibility index (Phi) is 14.3. The molecule has 0 atom stereocenters. The molecule has 1 aliphatic rings. The Morgan fingerprint density at radius 2 is 0.857 bits per heavy atom. The van der Waals surface area contributed by atoms with Gasteiger partial charge in [0, 0.05) is 0 Å². The summed E-state index contributed by atoms with van der Waals surface area (Å²) in [5, 5.41) is 0. The molecule has 0 amide bonds. The van der Waals surface area contributed by atoms with Gasteiger partial charge in [0.15, 0.2) is 0 Å². The van der Waals surface area contributed by atoms with E-state index in [1.165, 1.54) is 0 Å². The van der Waals surface area contributed by atoms with Gasteiger partial charge in [-0.15, -0.1) is 35.3 Å². The molecule has 126 valence electrons. The molecule has 0 aromatic carbocycles. The highest BCUT2D eigenvalue weighted by Crippen LogP contribution is 2.34. The second kappa shape index (κ2) is 14.3. The average Bonchev–Trinajstić information content (AvgIpc) is 2.48. The maximum atomic E-state index is 5.82. The van der Waals surface area contributed by atoms with Crippen LogP contribution in [0.15, 0.2) is 0 Å². The van der Waals surface area contributed by atoms with Gasteiger partial charge >= 0.3 is 0 Å². The molecule has 0 aromatic heterocycles. The van der Waals surface area contributed by atoms with E-state index in [2.05, 4.69) is 37.9 Å². The van der Waals surface area contributed by atoms with E-state index in [1.54, 1.807) is 35.3 Å². The minimum Gasteiger partial charge on any atom is -0.304 e. The Labute approximate surface area is 157 Å². The van der Waals surface area contributed by atoms with Gasteiger partial charge in [-0.25, -0.2) is 0 Å². The third-order valence-electron chi connectivity index (χ3n) is 2.34. The van der Waals surface area contributed by atoms with E-state index in [0.717, 1.165) is 53.8 Å². The van der Waals surface area contributed by atoms with Gasteiger partial charge in [-0.3, -0.25) is 0 Å². The summed E-state index contributed by atoms with van der Waals surface area (Å²) in [6.07, 6.45) is 3.15. The van der Waals surface area contributed by atoms with Crippen LogP contribution in [-0.4, -0.2) is 51.4 Å². The minimum absolute atomic E-state index is 0.249. The second-order valence-electron chi connectivity index (χ2n) is 4.12. The molecule has 0 radical (unpaired) electrons. The van der Waals surface area contributed by atoms with Crippen molar-refractivity contribution in [2.45, 2.75) is 36.1 Å². The third kappa shape index (κ3) is 10.4. The fourth-order valence-electron chi connectivity index (χ4n) is 1.34. The molecule has 0 N–H and O–H groups in total. The van der Waals surface area contributed by atoms with Gasteiger partial charge in [0.05, 0.1) is 0 Å². The van der Waals surface area contributed by atoms with Crippen LogP contribution in [0.3, 0.4) is 0 Å². The lowest BCUT2D eigenvalue weighted by atomic mass is 10.6. The van der Waals surface area contributed by atoms with Crippen LogP contribution in [0.25, 0.3) is 0 Å². The summed E-state index contributed by atoms with van der Waals surface area (Å²) < 4.78 is 17.5. The van der Waals surface area contributed by atoms with Crippen molar-refractivity contribution in [2.24, 2.45) is 0 Å². The monoisotopic (exact) mass is 408 g/mol. The first-order valence-electron chi connectivity index (χ1n) is 6.94. The number of thioether (sulfide) groups is 3. The van der Waals surface area contributed by atoms with Gasteiger partial charge in [0.2, 0.25) is 16.9 Å². The highest BCUT2D eigenvalue weighted by atomic mass is 32.2. The van der Waals surface area contributed by atoms with E-state index >= 15 is 0 Å². The van der Waals surface area contributed by atoms with Crippen molar-refractivity contribution < 1.29 is 14.2 Å². The Morgan fingerprint density at radius 1 is 0.571 bits per heavy atom. The fourth-order valence-corrected chi connectivity index (χ4v) is 5.25. The largest absolute Gasteiger partial charge is 0.304 e. The molecule has 1 heterocycles. The summed E-state index contributed by atoms with van der Waals surface area (Å²) in [5.41, 5.74) is -0.748. The summed E-state index contributed by atoms with van der Waals surface area (Å²) in [6, 6.07) is 0. The molecule has 1 saturated heterocycles. The SMILES string of the molecule is SCCCSC1OC(SCCCS)OC(SCCCS)O1. The van der Waals surface area contributed by atoms with Gasteiger partial charge in [0.25, 0.3) is 0 Å². The summed E-state index contributed by atoms with van der Waals surface area (Å²) in [7, 11) is 0. The molecule has 0 saturated carbocycles. The first-order valence-corrected chi connectivity index (χ1v) is 12.0. The molecule has 9 heteroatoms. The van der Waals surface area contributed by atoms with Gasteiger partial charge in [0.1, 0.15) is 0 Å². The van der Waals surface area contributed by atoms with Crippen LogP contribution >= 0.6 is 73.2 Å². The number of ether oxygens (including phenoxy) is 3. The molecule has 1 rings (SSSR count). The maximum absolute atomic E-state index is 5.82. The number of hydrogen-bond acceptors (Lipinski definition) is 9. The summed E-state index contributed by atoms with van der Waals surface area (Å²) >= 11 is 17.7. The molecule has 0 bridgehead atoms. The van der Waals surface area contributed by atoms with E-state index in [9.17, 15) is 0 Å². The van der Waals surface area contributed by atoms with Gasteiger partial charge in [-0.1, -0.05) is 0 Å². The first-order chi connectivity index (χ1) is 10.3. The Balaban J connectivity index is 2.35. The predicted molar refractivity (Wildman–Crippen MR) is 107 cm³/mol. The lowest BCUT2D eigenvalue weighted by Gasteiger charge is -2.34.